The second kappa shape index (κ2) is 5.84. The maximum absolute atomic E-state index is 5.92. The van der Waals surface area contributed by atoms with Gasteiger partial charge in [-0.1, -0.05) is 20.8 Å². The lowest BCUT2D eigenvalue weighted by Crippen LogP contribution is -2.35. The van der Waals surface area contributed by atoms with E-state index < -0.39 is 0 Å². The molecule has 0 aliphatic heterocycles. The first-order valence-electron chi connectivity index (χ1n) is 6.33. The summed E-state index contributed by atoms with van der Waals surface area (Å²) in [7, 11) is 0. The standard InChI is InChI=1S/C13H24N4/c1-6-11-12(14)15-8-16-13(11)17(10(4)5)7-9(2)3/h8-10H,6-7H2,1-5H3,(H2,14,15,16). The molecule has 0 radical (unpaired) electrons. The van der Waals surface area contributed by atoms with Crippen molar-refractivity contribution in [3.05, 3.63) is 11.9 Å². The number of nitrogens with two attached hydrogens (primary N) is 1. The van der Waals surface area contributed by atoms with Crippen molar-refractivity contribution in [2.45, 2.75) is 47.1 Å². The van der Waals surface area contributed by atoms with Gasteiger partial charge in [0.25, 0.3) is 0 Å². The van der Waals surface area contributed by atoms with Gasteiger partial charge in [0, 0.05) is 18.2 Å². The van der Waals surface area contributed by atoms with Crippen LogP contribution < -0.4 is 10.6 Å². The highest BCUT2D eigenvalue weighted by atomic mass is 15.2. The maximum atomic E-state index is 5.92. The zero-order valence-corrected chi connectivity index (χ0v) is 11.6. The molecule has 0 saturated heterocycles. The van der Waals surface area contributed by atoms with Gasteiger partial charge in [0.2, 0.25) is 0 Å². The average molecular weight is 236 g/mol. The van der Waals surface area contributed by atoms with Crippen LogP contribution in [0.1, 0.15) is 40.2 Å². The van der Waals surface area contributed by atoms with Crippen molar-refractivity contribution >= 4 is 11.6 Å². The van der Waals surface area contributed by atoms with E-state index in [1.165, 1.54) is 0 Å². The molecule has 0 spiro atoms. The molecule has 96 valence electrons. The molecule has 0 aliphatic rings. The average Bonchev–Trinajstić information content (AvgIpc) is 2.25. The van der Waals surface area contributed by atoms with Gasteiger partial charge in [-0.15, -0.1) is 0 Å². The third-order valence-corrected chi connectivity index (χ3v) is 2.77. The Balaban J connectivity index is 3.13. The molecule has 17 heavy (non-hydrogen) atoms. The molecule has 1 aromatic heterocycles. The quantitative estimate of drug-likeness (QED) is 0.853. The predicted octanol–water partition coefficient (Wildman–Crippen LogP) is 2.49. The lowest BCUT2D eigenvalue weighted by atomic mass is 10.1. The van der Waals surface area contributed by atoms with E-state index in [2.05, 4.69) is 49.5 Å². The number of hydrogen-bond acceptors (Lipinski definition) is 4. The van der Waals surface area contributed by atoms with E-state index in [-0.39, 0.29) is 0 Å². The van der Waals surface area contributed by atoms with Crippen molar-refractivity contribution in [3.63, 3.8) is 0 Å². The smallest absolute Gasteiger partial charge is 0.137 e. The van der Waals surface area contributed by atoms with Crippen LogP contribution in [-0.2, 0) is 6.42 Å². The van der Waals surface area contributed by atoms with Crippen LogP contribution in [0.5, 0.6) is 0 Å². The third kappa shape index (κ3) is 3.32. The van der Waals surface area contributed by atoms with Gasteiger partial charge in [0.15, 0.2) is 0 Å². The Labute approximate surface area is 104 Å². The zero-order chi connectivity index (χ0) is 13.0. The summed E-state index contributed by atoms with van der Waals surface area (Å²) in [6, 6.07) is 0.414. The Kier molecular flexibility index (Phi) is 4.73. The van der Waals surface area contributed by atoms with Crippen molar-refractivity contribution < 1.29 is 0 Å². The number of anilines is 2. The SMILES string of the molecule is CCc1c(N)ncnc1N(CC(C)C)C(C)C. The Morgan fingerprint density at radius 2 is 1.88 bits per heavy atom. The molecule has 1 aromatic rings. The maximum Gasteiger partial charge on any atom is 0.137 e. The summed E-state index contributed by atoms with van der Waals surface area (Å²) in [5.41, 5.74) is 6.98. The zero-order valence-electron chi connectivity index (χ0n) is 11.6. The van der Waals surface area contributed by atoms with Crippen molar-refractivity contribution in [1.82, 2.24) is 9.97 Å². The van der Waals surface area contributed by atoms with E-state index in [0.29, 0.717) is 17.8 Å². The molecule has 1 rings (SSSR count). The van der Waals surface area contributed by atoms with E-state index in [9.17, 15) is 0 Å². The number of rotatable bonds is 5. The monoisotopic (exact) mass is 236 g/mol. The predicted molar refractivity (Wildman–Crippen MR) is 73.1 cm³/mol. The largest absolute Gasteiger partial charge is 0.383 e. The van der Waals surface area contributed by atoms with Gasteiger partial charge in [0.1, 0.15) is 18.0 Å². The topological polar surface area (TPSA) is 55.0 Å². The van der Waals surface area contributed by atoms with Crippen LogP contribution in [-0.4, -0.2) is 22.6 Å². The summed E-state index contributed by atoms with van der Waals surface area (Å²) in [4.78, 5) is 10.8. The number of aromatic nitrogens is 2. The van der Waals surface area contributed by atoms with Crippen LogP contribution >= 0.6 is 0 Å². The molecule has 4 heteroatoms. The fourth-order valence-corrected chi connectivity index (χ4v) is 1.94. The summed E-state index contributed by atoms with van der Waals surface area (Å²) in [5, 5.41) is 0. The van der Waals surface area contributed by atoms with E-state index in [1.807, 2.05) is 0 Å². The summed E-state index contributed by atoms with van der Waals surface area (Å²) < 4.78 is 0. The number of nitrogens with zero attached hydrogens (tertiary/aromatic N) is 3. The second-order valence-electron chi connectivity index (χ2n) is 5.05. The molecule has 0 bridgehead atoms. The van der Waals surface area contributed by atoms with Crippen molar-refractivity contribution in [1.29, 1.82) is 0 Å². The van der Waals surface area contributed by atoms with Gasteiger partial charge >= 0.3 is 0 Å². The molecule has 0 amide bonds. The summed E-state index contributed by atoms with van der Waals surface area (Å²) in [6.07, 6.45) is 2.42. The third-order valence-electron chi connectivity index (χ3n) is 2.77. The van der Waals surface area contributed by atoms with Crippen LogP contribution in [0.4, 0.5) is 11.6 Å². The molecule has 0 saturated carbocycles. The van der Waals surface area contributed by atoms with Crippen LogP contribution in [0, 0.1) is 5.92 Å². The molecule has 0 fully saturated rings. The molecule has 0 atom stereocenters. The van der Waals surface area contributed by atoms with E-state index in [0.717, 1.165) is 24.3 Å². The molecule has 0 aromatic carbocycles. The van der Waals surface area contributed by atoms with Crippen LogP contribution in [0.2, 0.25) is 0 Å². The van der Waals surface area contributed by atoms with Gasteiger partial charge in [-0.3, -0.25) is 0 Å². The summed E-state index contributed by atoms with van der Waals surface area (Å²) >= 11 is 0. The fourth-order valence-electron chi connectivity index (χ4n) is 1.94. The van der Waals surface area contributed by atoms with Crippen LogP contribution in [0.15, 0.2) is 6.33 Å². The Morgan fingerprint density at radius 1 is 1.24 bits per heavy atom. The van der Waals surface area contributed by atoms with Gasteiger partial charge in [-0.2, -0.15) is 0 Å². The van der Waals surface area contributed by atoms with Gasteiger partial charge in [-0.05, 0) is 26.2 Å². The first-order chi connectivity index (χ1) is 7.97. The lowest BCUT2D eigenvalue weighted by Gasteiger charge is -2.31. The highest BCUT2D eigenvalue weighted by Gasteiger charge is 2.18. The van der Waals surface area contributed by atoms with Gasteiger partial charge in [-0.25, -0.2) is 9.97 Å². The van der Waals surface area contributed by atoms with Crippen molar-refractivity contribution in [2.75, 3.05) is 17.2 Å². The first-order valence-corrected chi connectivity index (χ1v) is 6.33. The molecule has 0 unspecified atom stereocenters. The lowest BCUT2D eigenvalue weighted by molar-refractivity contribution is 0.564. The molecule has 4 nitrogen and oxygen atoms in total. The van der Waals surface area contributed by atoms with Gasteiger partial charge < -0.3 is 10.6 Å². The van der Waals surface area contributed by atoms with Crippen LogP contribution in [0.3, 0.4) is 0 Å². The second-order valence-corrected chi connectivity index (χ2v) is 5.05. The Morgan fingerprint density at radius 3 is 2.35 bits per heavy atom. The number of hydrogen-bond donors (Lipinski definition) is 1. The van der Waals surface area contributed by atoms with Crippen LogP contribution in [0.25, 0.3) is 0 Å². The highest BCUT2D eigenvalue weighted by molar-refractivity contribution is 5.57. The minimum absolute atomic E-state index is 0.414. The normalized spacial score (nSPS) is 11.2. The molecule has 1 heterocycles. The van der Waals surface area contributed by atoms with Crippen molar-refractivity contribution in [3.8, 4) is 0 Å². The number of nitrogen functional groups attached to an aromatic ring is 1. The highest BCUT2D eigenvalue weighted by Crippen LogP contribution is 2.24. The fraction of sp³-hybridized carbons (Fsp3) is 0.692. The van der Waals surface area contributed by atoms with Crippen molar-refractivity contribution in [2.24, 2.45) is 5.92 Å². The molecule has 2 N–H and O–H groups in total. The van der Waals surface area contributed by atoms with E-state index in [4.69, 9.17) is 5.73 Å². The molecular formula is C13H24N4. The van der Waals surface area contributed by atoms with Gasteiger partial charge in [0.05, 0.1) is 0 Å². The van der Waals surface area contributed by atoms with E-state index in [1.54, 1.807) is 6.33 Å². The first kappa shape index (κ1) is 13.7. The minimum atomic E-state index is 0.414. The molecular weight excluding hydrogens is 212 g/mol. The Bertz CT molecular complexity index is 360. The minimum Gasteiger partial charge on any atom is -0.383 e. The Hall–Kier alpha value is -1.32. The summed E-state index contributed by atoms with van der Waals surface area (Å²) in [5.74, 6) is 2.19. The summed E-state index contributed by atoms with van der Waals surface area (Å²) in [6.45, 7) is 11.9. The molecule has 0 aliphatic carbocycles. The van der Waals surface area contributed by atoms with E-state index >= 15 is 0 Å².